The summed E-state index contributed by atoms with van der Waals surface area (Å²) in [5.41, 5.74) is 6.35. The number of aliphatic hydroxyl groups is 1. The standard InChI is InChI=1S/C17H28N2O2/c1-13(2)9-10-19(15-5-6-15)11-16(20)12-21-17-7-3-14(18)4-8-17/h3-4,7-8,13,15-16,20H,5-6,9-12,18H2,1-2H3. The lowest BCUT2D eigenvalue weighted by Gasteiger charge is -2.25. The van der Waals surface area contributed by atoms with Gasteiger partial charge in [0, 0.05) is 18.3 Å². The monoisotopic (exact) mass is 292 g/mol. The van der Waals surface area contributed by atoms with Gasteiger partial charge in [0.2, 0.25) is 0 Å². The molecule has 1 aromatic rings. The lowest BCUT2D eigenvalue weighted by molar-refractivity contribution is 0.0637. The van der Waals surface area contributed by atoms with Crippen LogP contribution < -0.4 is 10.5 Å². The van der Waals surface area contributed by atoms with E-state index in [1.165, 1.54) is 19.3 Å². The SMILES string of the molecule is CC(C)CCN(CC(O)COc1ccc(N)cc1)C1CC1. The summed E-state index contributed by atoms with van der Waals surface area (Å²) in [6.45, 7) is 6.58. The zero-order valence-electron chi connectivity index (χ0n) is 13.2. The minimum Gasteiger partial charge on any atom is -0.491 e. The fourth-order valence-corrected chi connectivity index (χ4v) is 2.37. The van der Waals surface area contributed by atoms with Gasteiger partial charge < -0.3 is 15.6 Å². The Morgan fingerprint density at radius 3 is 2.52 bits per heavy atom. The Balaban J connectivity index is 1.73. The predicted molar refractivity (Wildman–Crippen MR) is 86.4 cm³/mol. The molecule has 0 bridgehead atoms. The number of nitrogens with zero attached hydrogens (tertiary/aromatic N) is 1. The number of rotatable bonds is 9. The van der Waals surface area contributed by atoms with Crippen LogP contribution in [0.5, 0.6) is 5.75 Å². The van der Waals surface area contributed by atoms with Crippen LogP contribution in [0.15, 0.2) is 24.3 Å². The lowest BCUT2D eigenvalue weighted by atomic mass is 10.1. The molecule has 4 nitrogen and oxygen atoms in total. The molecule has 1 aliphatic rings. The van der Waals surface area contributed by atoms with Crippen LogP contribution in [-0.4, -0.2) is 41.8 Å². The van der Waals surface area contributed by atoms with Crippen molar-refractivity contribution in [2.75, 3.05) is 25.4 Å². The van der Waals surface area contributed by atoms with Crippen molar-refractivity contribution in [1.82, 2.24) is 4.90 Å². The first-order valence-electron chi connectivity index (χ1n) is 7.95. The number of nitrogen functional groups attached to an aromatic ring is 1. The number of hydrogen-bond acceptors (Lipinski definition) is 4. The average molecular weight is 292 g/mol. The second-order valence-electron chi connectivity index (χ2n) is 6.44. The van der Waals surface area contributed by atoms with Crippen LogP contribution in [0.25, 0.3) is 0 Å². The van der Waals surface area contributed by atoms with E-state index >= 15 is 0 Å². The molecule has 0 spiro atoms. The Morgan fingerprint density at radius 1 is 1.29 bits per heavy atom. The zero-order valence-corrected chi connectivity index (χ0v) is 13.2. The summed E-state index contributed by atoms with van der Waals surface area (Å²) in [5, 5.41) is 10.2. The number of anilines is 1. The van der Waals surface area contributed by atoms with E-state index in [-0.39, 0.29) is 0 Å². The van der Waals surface area contributed by atoms with Crippen molar-refractivity contribution in [2.24, 2.45) is 5.92 Å². The molecule has 1 fully saturated rings. The largest absolute Gasteiger partial charge is 0.491 e. The summed E-state index contributed by atoms with van der Waals surface area (Å²) in [6, 6.07) is 7.95. The minimum atomic E-state index is -0.449. The number of benzene rings is 1. The molecule has 0 radical (unpaired) electrons. The van der Waals surface area contributed by atoms with E-state index in [1.807, 2.05) is 12.1 Å². The van der Waals surface area contributed by atoms with Crippen LogP contribution in [0.3, 0.4) is 0 Å². The van der Waals surface area contributed by atoms with E-state index in [0.29, 0.717) is 25.1 Å². The summed E-state index contributed by atoms with van der Waals surface area (Å²) in [5.74, 6) is 1.46. The summed E-state index contributed by atoms with van der Waals surface area (Å²) in [6.07, 6.45) is 3.27. The first kappa shape index (κ1) is 16.1. The van der Waals surface area contributed by atoms with Crippen molar-refractivity contribution >= 4 is 5.69 Å². The van der Waals surface area contributed by atoms with Crippen LogP contribution in [0.4, 0.5) is 5.69 Å². The molecule has 0 amide bonds. The van der Waals surface area contributed by atoms with Crippen LogP contribution in [0.2, 0.25) is 0 Å². The third kappa shape index (κ3) is 5.94. The summed E-state index contributed by atoms with van der Waals surface area (Å²) in [7, 11) is 0. The first-order valence-corrected chi connectivity index (χ1v) is 7.95. The van der Waals surface area contributed by atoms with Gasteiger partial charge in [0.1, 0.15) is 18.5 Å². The van der Waals surface area contributed by atoms with Gasteiger partial charge in [-0.05, 0) is 56.0 Å². The van der Waals surface area contributed by atoms with Crippen molar-refractivity contribution in [1.29, 1.82) is 0 Å². The molecule has 2 rings (SSSR count). The van der Waals surface area contributed by atoms with Crippen LogP contribution in [0.1, 0.15) is 33.1 Å². The minimum absolute atomic E-state index is 0.328. The normalized spacial score (nSPS) is 16.4. The third-order valence-corrected chi connectivity index (χ3v) is 3.82. The maximum absolute atomic E-state index is 10.2. The molecule has 1 aliphatic carbocycles. The van der Waals surface area contributed by atoms with Crippen LogP contribution in [-0.2, 0) is 0 Å². The Morgan fingerprint density at radius 2 is 1.95 bits per heavy atom. The Bertz CT molecular complexity index is 415. The Hall–Kier alpha value is -1.26. The van der Waals surface area contributed by atoms with Crippen LogP contribution >= 0.6 is 0 Å². The smallest absolute Gasteiger partial charge is 0.119 e. The number of hydrogen-bond donors (Lipinski definition) is 2. The Kier molecular flexibility index (Phi) is 5.88. The number of nitrogens with two attached hydrogens (primary N) is 1. The van der Waals surface area contributed by atoms with Crippen molar-refractivity contribution in [2.45, 2.75) is 45.3 Å². The fraction of sp³-hybridized carbons (Fsp3) is 0.647. The van der Waals surface area contributed by atoms with Gasteiger partial charge in [-0.1, -0.05) is 13.8 Å². The molecule has 0 aromatic heterocycles. The molecule has 21 heavy (non-hydrogen) atoms. The highest BCUT2D eigenvalue weighted by atomic mass is 16.5. The highest BCUT2D eigenvalue weighted by Gasteiger charge is 2.30. The van der Waals surface area contributed by atoms with Gasteiger partial charge in [-0.15, -0.1) is 0 Å². The van der Waals surface area contributed by atoms with E-state index in [9.17, 15) is 5.11 Å². The number of aliphatic hydroxyl groups excluding tert-OH is 1. The van der Waals surface area contributed by atoms with Gasteiger partial charge in [-0.3, -0.25) is 4.90 Å². The predicted octanol–water partition coefficient (Wildman–Crippen LogP) is 2.52. The second-order valence-corrected chi connectivity index (χ2v) is 6.44. The fourth-order valence-electron chi connectivity index (χ4n) is 2.37. The molecular formula is C17H28N2O2. The molecule has 0 saturated heterocycles. The van der Waals surface area contributed by atoms with E-state index in [1.54, 1.807) is 12.1 Å². The molecule has 0 aliphatic heterocycles. The molecule has 1 unspecified atom stereocenters. The van der Waals surface area contributed by atoms with Crippen molar-refractivity contribution < 1.29 is 9.84 Å². The average Bonchev–Trinajstić information content (AvgIpc) is 3.27. The first-order chi connectivity index (χ1) is 10.0. The van der Waals surface area contributed by atoms with Crippen LogP contribution in [0, 0.1) is 5.92 Å². The van der Waals surface area contributed by atoms with Crippen molar-refractivity contribution in [3.8, 4) is 5.75 Å². The maximum atomic E-state index is 10.2. The van der Waals surface area contributed by atoms with E-state index in [4.69, 9.17) is 10.5 Å². The molecule has 3 N–H and O–H groups in total. The molecule has 118 valence electrons. The second kappa shape index (κ2) is 7.66. The van der Waals surface area contributed by atoms with E-state index < -0.39 is 6.10 Å². The van der Waals surface area contributed by atoms with Gasteiger partial charge in [-0.25, -0.2) is 0 Å². The van der Waals surface area contributed by atoms with Gasteiger partial charge in [0.15, 0.2) is 0 Å². The highest BCUT2D eigenvalue weighted by Crippen LogP contribution is 2.27. The van der Waals surface area contributed by atoms with Gasteiger partial charge in [0.05, 0.1) is 0 Å². The molecule has 0 heterocycles. The Labute approximate surface area is 127 Å². The summed E-state index contributed by atoms with van der Waals surface area (Å²) < 4.78 is 5.62. The van der Waals surface area contributed by atoms with Gasteiger partial charge in [0.25, 0.3) is 0 Å². The van der Waals surface area contributed by atoms with Gasteiger partial charge >= 0.3 is 0 Å². The molecule has 1 atom stereocenters. The maximum Gasteiger partial charge on any atom is 0.119 e. The highest BCUT2D eigenvalue weighted by molar-refractivity contribution is 5.41. The molecule has 4 heteroatoms. The number of ether oxygens (including phenoxy) is 1. The van der Waals surface area contributed by atoms with Crippen molar-refractivity contribution in [3.63, 3.8) is 0 Å². The summed E-state index contributed by atoms with van der Waals surface area (Å²) in [4.78, 5) is 2.41. The molecule has 1 aromatic carbocycles. The third-order valence-electron chi connectivity index (χ3n) is 3.82. The van der Waals surface area contributed by atoms with Gasteiger partial charge in [-0.2, -0.15) is 0 Å². The zero-order chi connectivity index (χ0) is 15.2. The molecule has 1 saturated carbocycles. The van der Waals surface area contributed by atoms with Crippen molar-refractivity contribution in [3.05, 3.63) is 24.3 Å². The van der Waals surface area contributed by atoms with E-state index in [0.717, 1.165) is 18.0 Å². The topological polar surface area (TPSA) is 58.7 Å². The quantitative estimate of drug-likeness (QED) is 0.687. The summed E-state index contributed by atoms with van der Waals surface area (Å²) >= 11 is 0. The van der Waals surface area contributed by atoms with E-state index in [2.05, 4.69) is 18.7 Å². The lowest BCUT2D eigenvalue weighted by Crippen LogP contribution is -2.38. The molecular weight excluding hydrogens is 264 g/mol.